The molecule has 21 atom stereocenters. The minimum absolute atomic E-state index is 0.0120. The van der Waals surface area contributed by atoms with Crippen LogP contribution >= 0.6 is 0 Å². The molecule has 3 fully saturated rings. The van der Waals surface area contributed by atoms with E-state index in [0.29, 0.717) is 12.0 Å². The number of likely N-dealkylation sites (N-methyl/N-ethyl adjacent to an activating group) is 1. The number of benzene rings is 1. The number of ether oxygens (including phenoxy) is 10. The molecular weight excluding hydrogens is 942 g/mol. The fourth-order valence-corrected chi connectivity index (χ4v) is 10.6. The number of methoxy groups -OCH3 is 2. The number of aliphatic hydroxyl groups is 4. The molecule has 4 heterocycles. The van der Waals surface area contributed by atoms with Crippen LogP contribution in [0.2, 0.25) is 0 Å². The van der Waals surface area contributed by atoms with E-state index in [1.807, 2.05) is 19.9 Å². The van der Waals surface area contributed by atoms with E-state index in [-0.39, 0.29) is 44.1 Å². The monoisotopic (exact) mass is 1020 g/mol. The summed E-state index contributed by atoms with van der Waals surface area (Å²) in [6, 6.07) is 5.12. The summed E-state index contributed by atoms with van der Waals surface area (Å²) >= 11 is 0. The number of hydrogen-bond acceptors (Lipinski definition) is 18. The van der Waals surface area contributed by atoms with Gasteiger partial charge in [0.15, 0.2) is 24.7 Å². The van der Waals surface area contributed by atoms with Crippen LogP contribution < -0.4 is 0 Å². The second-order valence-electron chi connectivity index (χ2n) is 20.7. The van der Waals surface area contributed by atoms with Crippen molar-refractivity contribution >= 4 is 18.0 Å². The van der Waals surface area contributed by atoms with Gasteiger partial charge in [0.25, 0.3) is 0 Å². The van der Waals surface area contributed by atoms with E-state index >= 15 is 0 Å². The number of cyclic esters (lactones) is 1. The van der Waals surface area contributed by atoms with Gasteiger partial charge in [-0.1, -0.05) is 50.6 Å². The van der Waals surface area contributed by atoms with Gasteiger partial charge in [0.2, 0.25) is 0 Å². The van der Waals surface area contributed by atoms with Crippen LogP contribution in [0.1, 0.15) is 93.1 Å². The van der Waals surface area contributed by atoms with Crippen molar-refractivity contribution in [1.82, 2.24) is 4.90 Å². The Bertz CT molecular complexity index is 1940. The number of aldehydes is 1. The molecule has 1 aromatic rings. The fourth-order valence-electron chi connectivity index (χ4n) is 10.6. The molecule has 4 aliphatic heterocycles. The predicted octanol–water partition coefficient (Wildman–Crippen LogP) is 4.20. The number of hydrogen-bond donors (Lipinski definition) is 4. The van der Waals surface area contributed by atoms with Gasteiger partial charge < -0.3 is 77.5 Å². The molecule has 19 heteroatoms. The van der Waals surface area contributed by atoms with E-state index in [0.717, 1.165) is 11.8 Å². The van der Waals surface area contributed by atoms with Crippen molar-refractivity contribution in [2.45, 2.75) is 198 Å². The Morgan fingerprint density at radius 3 is 2.12 bits per heavy atom. The molecule has 0 spiro atoms. The maximum absolute atomic E-state index is 13.9. The molecule has 18 nitrogen and oxygen atoms in total. The molecule has 1 aromatic carbocycles. The largest absolute Gasteiger partial charge is 0.462 e. The lowest BCUT2D eigenvalue weighted by molar-refractivity contribution is -0.344. The number of carbonyl (C=O) groups is 3. The van der Waals surface area contributed by atoms with Crippen LogP contribution in [0.15, 0.2) is 48.1 Å². The van der Waals surface area contributed by atoms with Gasteiger partial charge >= 0.3 is 5.97 Å². The van der Waals surface area contributed by atoms with Crippen LogP contribution in [0.25, 0.3) is 0 Å². The average molecular weight is 1020 g/mol. The number of carbonyl (C=O) groups excluding carboxylic acids is 3. The summed E-state index contributed by atoms with van der Waals surface area (Å²) < 4.78 is 75.1. The Morgan fingerprint density at radius 2 is 1.51 bits per heavy atom. The highest BCUT2D eigenvalue weighted by Gasteiger charge is 2.52. The fraction of sp³-hybridized carbons (Fsp3) is 0.755. The van der Waals surface area contributed by atoms with Gasteiger partial charge in [0.05, 0.1) is 61.8 Å². The molecule has 3 saturated heterocycles. The maximum atomic E-state index is 13.9. The molecular formula is C53H82FNO17. The van der Waals surface area contributed by atoms with Crippen molar-refractivity contribution in [3.8, 4) is 0 Å². The van der Waals surface area contributed by atoms with Crippen molar-refractivity contribution in [3.63, 3.8) is 0 Å². The highest BCUT2D eigenvalue weighted by molar-refractivity contribution is 5.91. The zero-order valence-electron chi connectivity index (χ0n) is 44.0. The molecule has 0 aromatic heterocycles. The highest BCUT2D eigenvalue weighted by Crippen LogP contribution is 2.38. The van der Waals surface area contributed by atoms with Crippen molar-refractivity contribution in [1.29, 1.82) is 0 Å². The zero-order valence-corrected chi connectivity index (χ0v) is 44.0. The molecule has 4 aliphatic rings. The van der Waals surface area contributed by atoms with Gasteiger partial charge in [-0.25, -0.2) is 4.39 Å². The Balaban J connectivity index is 1.35. The number of rotatable bonds is 16. The van der Waals surface area contributed by atoms with Crippen molar-refractivity contribution in [3.05, 3.63) is 59.4 Å². The van der Waals surface area contributed by atoms with Crippen LogP contribution in [0.4, 0.5) is 4.39 Å². The maximum Gasteiger partial charge on any atom is 0.308 e. The Kier molecular flexibility index (Phi) is 22.5. The van der Waals surface area contributed by atoms with Gasteiger partial charge in [0, 0.05) is 44.8 Å². The number of ketones is 1. The molecule has 72 heavy (non-hydrogen) atoms. The Labute approximate surface area is 424 Å². The molecule has 0 radical (unpaired) electrons. The van der Waals surface area contributed by atoms with Gasteiger partial charge in [-0.2, -0.15) is 0 Å². The third-order valence-electron chi connectivity index (χ3n) is 14.7. The van der Waals surface area contributed by atoms with Gasteiger partial charge in [0.1, 0.15) is 54.8 Å². The number of esters is 1. The Hall–Kier alpha value is -3.12. The smallest absolute Gasteiger partial charge is 0.308 e. The SMILES string of the molecule is CC[C@H]1OC(=O)C[C@@H](O)[C@H](C)[C@@H](O[C@@H]2O[C@H](C)[C@@H](O[C@H]3C[C@@](C)(O)[C@@H](OCc4ccc(F)cc4)[C@H](C)O3)[C@H](N(C)C)[C@H]2O)[C@@H](CC=O)C[C@@H](C)C(=O)/C=C\C(C)=C\[C@@H]1CO[C@@H]1O[C@H](C)[C@@H](O)[C@@H](OC)[C@H]1OC. The normalized spacial score (nSPS) is 42.1. The first kappa shape index (κ1) is 59.8. The second kappa shape index (κ2) is 27.1. The molecule has 0 aliphatic carbocycles. The first-order valence-electron chi connectivity index (χ1n) is 25.3. The van der Waals surface area contributed by atoms with E-state index in [2.05, 4.69) is 0 Å². The van der Waals surface area contributed by atoms with E-state index < -0.39 is 140 Å². The molecule has 408 valence electrons. The lowest BCUT2D eigenvalue weighted by atomic mass is 9.79. The number of nitrogens with zero attached hydrogens (tertiary/aromatic N) is 1. The summed E-state index contributed by atoms with van der Waals surface area (Å²) in [5.74, 6) is -4.03. The summed E-state index contributed by atoms with van der Waals surface area (Å²) in [7, 11) is 6.45. The zero-order chi connectivity index (χ0) is 53.2. The number of halogens is 1. The molecule has 5 rings (SSSR count). The molecule has 0 bridgehead atoms. The van der Waals surface area contributed by atoms with E-state index in [4.69, 9.17) is 47.4 Å². The predicted molar refractivity (Wildman–Crippen MR) is 259 cm³/mol. The van der Waals surface area contributed by atoms with Crippen molar-refractivity contribution in [2.24, 2.45) is 23.7 Å². The number of allylic oxidation sites excluding steroid dienone is 3. The third-order valence-corrected chi connectivity index (χ3v) is 14.7. The van der Waals surface area contributed by atoms with Crippen LogP contribution in [0, 0.1) is 29.5 Å². The quantitative estimate of drug-likeness (QED) is 0.134. The molecule has 0 amide bonds. The van der Waals surface area contributed by atoms with Crippen LogP contribution in [-0.2, 0) is 68.4 Å². The summed E-state index contributed by atoms with van der Waals surface area (Å²) in [5, 5.41) is 46.4. The minimum Gasteiger partial charge on any atom is -0.462 e. The summed E-state index contributed by atoms with van der Waals surface area (Å²) in [5.41, 5.74) is -0.00220. The number of aliphatic hydroxyl groups excluding tert-OH is 3. The third kappa shape index (κ3) is 15.3. The minimum atomic E-state index is -1.41. The first-order valence-corrected chi connectivity index (χ1v) is 25.3. The van der Waals surface area contributed by atoms with Crippen LogP contribution in [0.5, 0.6) is 0 Å². The van der Waals surface area contributed by atoms with E-state index in [1.165, 1.54) is 32.4 Å². The summed E-state index contributed by atoms with van der Waals surface area (Å²) in [6.45, 7) is 14.0. The molecule has 0 unspecified atom stereocenters. The summed E-state index contributed by atoms with van der Waals surface area (Å²) in [6.07, 6.45) is -8.17. The van der Waals surface area contributed by atoms with Crippen LogP contribution in [-0.4, -0.2) is 182 Å². The van der Waals surface area contributed by atoms with Gasteiger partial charge in [-0.15, -0.1) is 0 Å². The van der Waals surface area contributed by atoms with E-state index in [9.17, 15) is 39.2 Å². The van der Waals surface area contributed by atoms with Gasteiger partial charge in [-0.3, -0.25) is 9.59 Å². The lowest BCUT2D eigenvalue weighted by Crippen LogP contribution is -2.65. The molecule has 0 saturated carbocycles. The standard InChI is InChI=1S/C53H82FNO17/c1-13-40-36(27-66-52-49(64-12)48(63-11)44(60)31(5)68-52)22-28(2)14-19-38(57)29(3)23-35(20-21-56)46(30(4)39(58)24-41(59)70-40)72-51-45(61)43(55(9)10)47(32(6)69-51)71-42-25-53(8,62)50(33(7)67-42)65-26-34-15-17-37(54)18-16-34/h14-19,21-22,29-33,35-36,39-40,42-52,58,60-62H,13,20,23-27H2,1-12H3/b19-14-,28-22+/t29-,30+,31-,32-,33+,35+,36-,39-,40-,42+,43-,44-,45-,46-,47-,48-,49-,50+,51+,52-,53-/m1/s1. The van der Waals surface area contributed by atoms with Crippen molar-refractivity contribution < 1.29 is 86.6 Å². The average Bonchev–Trinajstić information content (AvgIpc) is 3.31. The highest BCUT2D eigenvalue weighted by atomic mass is 19.1. The second-order valence-corrected chi connectivity index (χ2v) is 20.7. The first-order chi connectivity index (χ1) is 34.0. The van der Waals surface area contributed by atoms with Crippen LogP contribution in [0.3, 0.4) is 0 Å². The lowest BCUT2D eigenvalue weighted by Gasteiger charge is -2.50. The molecule has 4 N–H and O–H groups in total. The van der Waals surface area contributed by atoms with Gasteiger partial charge in [-0.05, 0) is 91.2 Å². The topological polar surface area (TPSA) is 228 Å². The van der Waals surface area contributed by atoms with Crippen molar-refractivity contribution in [2.75, 3.05) is 34.9 Å². The Morgan fingerprint density at radius 1 is 0.847 bits per heavy atom. The van der Waals surface area contributed by atoms with E-state index in [1.54, 1.807) is 78.7 Å². The summed E-state index contributed by atoms with van der Waals surface area (Å²) in [4.78, 5) is 41.8.